The van der Waals surface area contributed by atoms with Gasteiger partial charge in [0.2, 0.25) is 5.91 Å². The number of benzene rings is 1. The number of rotatable bonds is 3. The highest BCUT2D eigenvalue weighted by Gasteiger charge is 2.25. The first kappa shape index (κ1) is 17.8. The van der Waals surface area contributed by atoms with Crippen LogP contribution in [0.5, 0.6) is 0 Å². The van der Waals surface area contributed by atoms with Crippen molar-refractivity contribution in [2.45, 2.75) is 51.6 Å². The van der Waals surface area contributed by atoms with E-state index in [-0.39, 0.29) is 17.9 Å². The molecule has 1 aliphatic heterocycles. The largest absolute Gasteiger partial charge is 0.393 e. The molecular formula is C20H27N3O2. The van der Waals surface area contributed by atoms with Crippen LogP contribution in [0.15, 0.2) is 18.2 Å². The average Bonchev–Trinajstić information content (AvgIpc) is 2.63. The van der Waals surface area contributed by atoms with Crippen LogP contribution < -0.4 is 10.2 Å². The van der Waals surface area contributed by atoms with Crippen molar-refractivity contribution in [1.82, 2.24) is 0 Å². The normalized spacial score (nSPS) is 24.6. The van der Waals surface area contributed by atoms with Crippen LogP contribution in [0, 0.1) is 23.2 Å². The molecule has 3 rings (SSSR count). The van der Waals surface area contributed by atoms with Crippen molar-refractivity contribution in [1.29, 1.82) is 5.26 Å². The van der Waals surface area contributed by atoms with E-state index in [4.69, 9.17) is 0 Å². The molecule has 0 spiro atoms. The molecule has 134 valence electrons. The lowest BCUT2D eigenvalue weighted by molar-refractivity contribution is -0.121. The molecule has 2 N–H and O–H groups in total. The van der Waals surface area contributed by atoms with E-state index in [1.165, 1.54) is 0 Å². The Kier molecular flexibility index (Phi) is 5.60. The van der Waals surface area contributed by atoms with Crippen molar-refractivity contribution in [3.63, 3.8) is 0 Å². The minimum absolute atomic E-state index is 0.0737. The first-order valence-electron chi connectivity index (χ1n) is 9.35. The lowest BCUT2D eigenvalue weighted by Crippen LogP contribution is -2.36. The Hall–Kier alpha value is -2.06. The maximum absolute atomic E-state index is 12.5. The van der Waals surface area contributed by atoms with E-state index in [0.29, 0.717) is 11.3 Å². The second-order valence-electron chi connectivity index (χ2n) is 7.51. The number of nitrogens with zero attached hydrogens (tertiary/aromatic N) is 2. The number of carbonyl (C=O) groups is 1. The van der Waals surface area contributed by atoms with Crippen LogP contribution in [0.25, 0.3) is 0 Å². The summed E-state index contributed by atoms with van der Waals surface area (Å²) >= 11 is 0. The van der Waals surface area contributed by atoms with Crippen molar-refractivity contribution < 1.29 is 9.90 Å². The maximum Gasteiger partial charge on any atom is 0.227 e. The van der Waals surface area contributed by atoms with E-state index in [2.05, 4.69) is 23.2 Å². The number of amides is 1. The first-order chi connectivity index (χ1) is 12.1. The lowest BCUT2D eigenvalue weighted by atomic mass is 9.82. The lowest BCUT2D eigenvalue weighted by Gasteiger charge is -2.32. The van der Waals surface area contributed by atoms with Crippen LogP contribution >= 0.6 is 0 Å². The molecule has 0 unspecified atom stereocenters. The molecule has 1 saturated heterocycles. The molecule has 5 nitrogen and oxygen atoms in total. The van der Waals surface area contributed by atoms with Crippen LogP contribution in [-0.2, 0) is 4.79 Å². The Labute approximate surface area is 149 Å². The van der Waals surface area contributed by atoms with E-state index in [1.54, 1.807) is 6.07 Å². The third-order valence-electron chi connectivity index (χ3n) is 5.58. The molecule has 1 aliphatic carbocycles. The van der Waals surface area contributed by atoms with E-state index >= 15 is 0 Å². The number of anilines is 2. The average molecular weight is 341 g/mol. The Morgan fingerprint density at radius 1 is 1.20 bits per heavy atom. The predicted molar refractivity (Wildman–Crippen MR) is 98.4 cm³/mol. The number of hydrogen-bond donors (Lipinski definition) is 2. The minimum atomic E-state index is -0.237. The maximum atomic E-state index is 12.5. The van der Waals surface area contributed by atoms with E-state index in [9.17, 15) is 15.2 Å². The van der Waals surface area contributed by atoms with Crippen molar-refractivity contribution >= 4 is 17.3 Å². The van der Waals surface area contributed by atoms with Gasteiger partial charge < -0.3 is 15.3 Å². The number of hydrogen-bond acceptors (Lipinski definition) is 4. The molecule has 0 radical (unpaired) electrons. The molecule has 0 bridgehead atoms. The summed E-state index contributed by atoms with van der Waals surface area (Å²) in [4.78, 5) is 14.6. The standard InChI is InChI=1S/C20H27N3O2/c1-14-2-4-15(5-3-14)20(25)22-17-6-7-19(16(12-17)13-21)23-10-8-18(24)9-11-23/h6-7,12,14-15,18,24H,2-5,8-11H2,1H3,(H,22,25). The fraction of sp³-hybridized carbons (Fsp3) is 0.600. The number of carbonyl (C=O) groups excluding carboxylic acids is 1. The monoisotopic (exact) mass is 341 g/mol. The molecule has 0 atom stereocenters. The van der Waals surface area contributed by atoms with Gasteiger partial charge in [-0.25, -0.2) is 0 Å². The molecule has 25 heavy (non-hydrogen) atoms. The van der Waals surface area contributed by atoms with Gasteiger partial charge in [-0.2, -0.15) is 5.26 Å². The summed E-state index contributed by atoms with van der Waals surface area (Å²) in [6.45, 7) is 3.75. The van der Waals surface area contributed by atoms with Gasteiger partial charge in [-0.15, -0.1) is 0 Å². The summed E-state index contributed by atoms with van der Waals surface area (Å²) in [6.07, 6.45) is 5.34. The minimum Gasteiger partial charge on any atom is -0.393 e. The van der Waals surface area contributed by atoms with E-state index < -0.39 is 0 Å². The fourth-order valence-corrected chi connectivity index (χ4v) is 3.85. The van der Waals surface area contributed by atoms with Gasteiger partial charge >= 0.3 is 0 Å². The van der Waals surface area contributed by atoms with Gasteiger partial charge in [0.15, 0.2) is 0 Å². The summed E-state index contributed by atoms with van der Waals surface area (Å²) < 4.78 is 0. The zero-order valence-electron chi connectivity index (χ0n) is 14.9. The van der Waals surface area contributed by atoms with Gasteiger partial charge in [0.25, 0.3) is 0 Å². The molecule has 2 fully saturated rings. The second-order valence-corrected chi connectivity index (χ2v) is 7.51. The van der Waals surface area contributed by atoms with Gasteiger partial charge in [-0.3, -0.25) is 4.79 Å². The molecule has 2 aliphatic rings. The second kappa shape index (κ2) is 7.88. The summed E-state index contributed by atoms with van der Waals surface area (Å²) in [5.74, 6) is 0.881. The predicted octanol–water partition coefficient (Wildman–Crippen LogP) is 3.28. The van der Waals surface area contributed by atoms with Gasteiger partial charge in [0.05, 0.1) is 17.4 Å². The zero-order chi connectivity index (χ0) is 17.8. The van der Waals surface area contributed by atoms with Gasteiger partial charge in [0.1, 0.15) is 6.07 Å². The quantitative estimate of drug-likeness (QED) is 0.884. The molecule has 1 aromatic carbocycles. The number of nitrogens with one attached hydrogen (secondary N) is 1. The third kappa shape index (κ3) is 4.32. The Morgan fingerprint density at radius 2 is 1.88 bits per heavy atom. The smallest absolute Gasteiger partial charge is 0.227 e. The highest BCUT2D eigenvalue weighted by atomic mass is 16.3. The molecular weight excluding hydrogens is 314 g/mol. The van der Waals surface area contributed by atoms with Crippen LogP contribution in [0.2, 0.25) is 0 Å². The Balaban J connectivity index is 1.67. The summed E-state index contributed by atoms with van der Waals surface area (Å²) in [7, 11) is 0. The van der Waals surface area contributed by atoms with Gasteiger partial charge in [-0.1, -0.05) is 6.92 Å². The highest BCUT2D eigenvalue weighted by molar-refractivity contribution is 5.93. The summed E-state index contributed by atoms with van der Waals surface area (Å²) in [5.41, 5.74) is 2.16. The number of nitriles is 1. The van der Waals surface area contributed by atoms with Crippen molar-refractivity contribution in [3.05, 3.63) is 23.8 Å². The van der Waals surface area contributed by atoms with Gasteiger partial charge in [0, 0.05) is 24.7 Å². The van der Waals surface area contributed by atoms with Crippen LogP contribution in [0.3, 0.4) is 0 Å². The van der Waals surface area contributed by atoms with E-state index in [0.717, 1.165) is 63.2 Å². The van der Waals surface area contributed by atoms with Crippen LogP contribution in [0.4, 0.5) is 11.4 Å². The Bertz CT molecular complexity index is 651. The molecule has 0 aromatic heterocycles. The molecule has 5 heteroatoms. The molecule has 1 aromatic rings. The van der Waals surface area contributed by atoms with Crippen molar-refractivity contribution in [3.8, 4) is 6.07 Å². The number of piperidine rings is 1. The molecule has 1 saturated carbocycles. The fourth-order valence-electron chi connectivity index (χ4n) is 3.85. The number of aliphatic hydroxyl groups excluding tert-OH is 1. The van der Waals surface area contributed by atoms with Crippen molar-refractivity contribution in [2.24, 2.45) is 11.8 Å². The Morgan fingerprint density at radius 3 is 2.52 bits per heavy atom. The topological polar surface area (TPSA) is 76.4 Å². The van der Waals surface area contributed by atoms with E-state index in [1.807, 2.05) is 12.1 Å². The van der Waals surface area contributed by atoms with Gasteiger partial charge in [-0.05, 0) is 62.6 Å². The van der Waals surface area contributed by atoms with Crippen LogP contribution in [-0.4, -0.2) is 30.2 Å². The van der Waals surface area contributed by atoms with Crippen molar-refractivity contribution in [2.75, 3.05) is 23.3 Å². The number of aliphatic hydroxyl groups is 1. The molecule has 1 amide bonds. The summed E-state index contributed by atoms with van der Waals surface area (Å²) in [5, 5.41) is 22.1. The zero-order valence-corrected chi connectivity index (χ0v) is 14.9. The molecule has 1 heterocycles. The third-order valence-corrected chi connectivity index (χ3v) is 5.58. The first-order valence-corrected chi connectivity index (χ1v) is 9.35. The van der Waals surface area contributed by atoms with Crippen LogP contribution in [0.1, 0.15) is 51.0 Å². The highest BCUT2D eigenvalue weighted by Crippen LogP contribution is 2.30. The SMILES string of the molecule is CC1CCC(C(=O)Nc2ccc(N3CCC(O)CC3)c(C#N)c2)CC1. The summed E-state index contributed by atoms with van der Waals surface area (Å²) in [6, 6.07) is 7.81.